The fourth-order valence-corrected chi connectivity index (χ4v) is 0.856. The molecule has 0 atom stereocenters. The molecule has 0 rings (SSSR count). The molecule has 0 heterocycles. The Bertz CT molecular complexity index is 236. The maximum Gasteiger partial charge on any atom is 0.150 e. The summed E-state index contributed by atoms with van der Waals surface area (Å²) in [6.45, 7) is 5.39. The van der Waals surface area contributed by atoms with Gasteiger partial charge in [0.25, 0.3) is 0 Å². The van der Waals surface area contributed by atoms with Crippen molar-refractivity contribution in [3.05, 3.63) is 24.8 Å². The highest BCUT2D eigenvalue weighted by molar-refractivity contribution is 5.18. The minimum atomic E-state index is -0.908. The average molecular weight is 160 g/mol. The third kappa shape index (κ3) is 2.60. The molecule has 0 radical (unpaired) electrons. The van der Waals surface area contributed by atoms with E-state index in [0.717, 1.165) is 0 Å². The predicted molar refractivity (Wildman–Crippen MR) is 47.9 cm³/mol. The van der Waals surface area contributed by atoms with Gasteiger partial charge in [0.15, 0.2) is 5.41 Å². The molecule has 12 heavy (non-hydrogen) atoms. The Morgan fingerprint density at radius 1 is 1.33 bits per heavy atom. The number of allylic oxidation sites excluding steroid dienone is 3. The van der Waals surface area contributed by atoms with Gasteiger partial charge in [-0.15, -0.1) is 6.58 Å². The van der Waals surface area contributed by atoms with Crippen molar-refractivity contribution < 1.29 is 0 Å². The molecule has 2 heteroatoms. The summed E-state index contributed by atoms with van der Waals surface area (Å²) >= 11 is 0. The summed E-state index contributed by atoms with van der Waals surface area (Å²) in [6.07, 6.45) is 6.17. The van der Waals surface area contributed by atoms with E-state index in [-0.39, 0.29) is 0 Å². The molecule has 0 aliphatic carbocycles. The smallest absolute Gasteiger partial charge is 0.150 e. The molecule has 0 fully saturated rings. The topological polar surface area (TPSA) is 47.6 Å². The second-order valence-electron chi connectivity index (χ2n) is 2.57. The van der Waals surface area contributed by atoms with Gasteiger partial charge in [-0.2, -0.15) is 10.5 Å². The van der Waals surface area contributed by atoms with Crippen LogP contribution in [0.4, 0.5) is 0 Å². The quantitative estimate of drug-likeness (QED) is 0.593. The SMILES string of the molecule is C=CCC(C#N)(C#N)C/C=C/C. The lowest BCUT2D eigenvalue weighted by molar-refractivity contribution is 0.538. The third-order valence-electron chi connectivity index (χ3n) is 1.62. The fraction of sp³-hybridized carbons (Fsp3) is 0.400. The van der Waals surface area contributed by atoms with E-state index < -0.39 is 5.41 Å². The van der Waals surface area contributed by atoms with Crippen LogP contribution in [0.5, 0.6) is 0 Å². The van der Waals surface area contributed by atoms with Crippen molar-refractivity contribution in [2.24, 2.45) is 5.41 Å². The van der Waals surface area contributed by atoms with Crippen LogP contribution in [0, 0.1) is 28.1 Å². The normalized spacial score (nSPS) is 10.6. The molecule has 0 spiro atoms. The van der Waals surface area contributed by atoms with Crippen molar-refractivity contribution >= 4 is 0 Å². The highest BCUT2D eigenvalue weighted by Crippen LogP contribution is 2.25. The van der Waals surface area contributed by atoms with Gasteiger partial charge in [-0.25, -0.2) is 0 Å². The molecule has 0 saturated carbocycles. The van der Waals surface area contributed by atoms with Gasteiger partial charge in [-0.3, -0.25) is 0 Å². The van der Waals surface area contributed by atoms with E-state index in [9.17, 15) is 0 Å². The Kier molecular flexibility index (Phi) is 4.49. The second-order valence-corrected chi connectivity index (χ2v) is 2.57. The third-order valence-corrected chi connectivity index (χ3v) is 1.62. The first-order chi connectivity index (χ1) is 5.74. The lowest BCUT2D eigenvalue weighted by atomic mass is 9.84. The minimum Gasteiger partial charge on any atom is -0.197 e. The summed E-state index contributed by atoms with van der Waals surface area (Å²) < 4.78 is 0. The molecule has 0 aliphatic heterocycles. The van der Waals surface area contributed by atoms with Crippen LogP contribution in [0.15, 0.2) is 24.8 Å². The largest absolute Gasteiger partial charge is 0.197 e. The van der Waals surface area contributed by atoms with Gasteiger partial charge < -0.3 is 0 Å². The molecule has 0 aliphatic rings. The number of hydrogen-bond donors (Lipinski definition) is 0. The average Bonchev–Trinajstić information content (AvgIpc) is 2.13. The molecular formula is C10H12N2. The number of nitrogens with zero attached hydrogens (tertiary/aromatic N) is 2. The van der Waals surface area contributed by atoms with Gasteiger partial charge in [0.1, 0.15) is 0 Å². The number of rotatable bonds is 4. The van der Waals surface area contributed by atoms with Crippen LogP contribution >= 0.6 is 0 Å². The van der Waals surface area contributed by atoms with Gasteiger partial charge in [-0.1, -0.05) is 18.2 Å². The van der Waals surface area contributed by atoms with Crippen molar-refractivity contribution in [1.82, 2.24) is 0 Å². The summed E-state index contributed by atoms with van der Waals surface area (Å²) in [7, 11) is 0. The standard InChI is InChI=1S/C10H12N2/c1-3-5-7-10(8-11,9-12)6-4-2/h3-5H,2,6-7H2,1H3/b5-3+. The van der Waals surface area contributed by atoms with Gasteiger partial charge in [0.2, 0.25) is 0 Å². The monoisotopic (exact) mass is 160 g/mol. The van der Waals surface area contributed by atoms with Gasteiger partial charge in [0, 0.05) is 0 Å². The fourth-order valence-electron chi connectivity index (χ4n) is 0.856. The molecule has 0 aromatic rings. The summed E-state index contributed by atoms with van der Waals surface area (Å²) in [5.41, 5.74) is -0.908. The molecule has 0 amide bonds. The Morgan fingerprint density at radius 3 is 2.25 bits per heavy atom. The predicted octanol–water partition coefficient (Wildman–Crippen LogP) is 2.56. The summed E-state index contributed by atoms with van der Waals surface area (Å²) in [5.74, 6) is 0. The first-order valence-electron chi connectivity index (χ1n) is 3.79. The second kappa shape index (κ2) is 5.16. The summed E-state index contributed by atoms with van der Waals surface area (Å²) in [4.78, 5) is 0. The first kappa shape index (κ1) is 10.5. The summed E-state index contributed by atoms with van der Waals surface area (Å²) in [5, 5.41) is 17.6. The molecule has 0 aromatic heterocycles. The van der Waals surface area contributed by atoms with Crippen LogP contribution in [0.25, 0.3) is 0 Å². The van der Waals surface area contributed by atoms with Crippen molar-refractivity contribution in [3.63, 3.8) is 0 Å². The first-order valence-corrected chi connectivity index (χ1v) is 3.79. The van der Waals surface area contributed by atoms with E-state index >= 15 is 0 Å². The van der Waals surface area contributed by atoms with E-state index in [2.05, 4.69) is 6.58 Å². The Labute approximate surface area is 73.4 Å². The highest BCUT2D eigenvalue weighted by atomic mass is 14.4. The maximum atomic E-state index is 8.78. The number of hydrogen-bond acceptors (Lipinski definition) is 2. The van der Waals surface area contributed by atoms with Crippen molar-refractivity contribution in [2.75, 3.05) is 0 Å². The van der Waals surface area contributed by atoms with Crippen LogP contribution in [0.2, 0.25) is 0 Å². The molecule has 62 valence electrons. The van der Waals surface area contributed by atoms with E-state index in [4.69, 9.17) is 10.5 Å². The molecule has 0 saturated heterocycles. The highest BCUT2D eigenvalue weighted by Gasteiger charge is 2.26. The van der Waals surface area contributed by atoms with Crippen molar-refractivity contribution in [3.8, 4) is 12.1 Å². The molecule has 2 nitrogen and oxygen atoms in total. The Balaban J connectivity index is 4.51. The molecule has 0 N–H and O–H groups in total. The maximum absolute atomic E-state index is 8.78. The Hall–Kier alpha value is -1.54. The molecule has 0 unspecified atom stereocenters. The van der Waals surface area contributed by atoms with Crippen LogP contribution in [0.1, 0.15) is 19.8 Å². The van der Waals surface area contributed by atoms with Gasteiger partial charge in [-0.05, 0) is 19.8 Å². The van der Waals surface area contributed by atoms with Crippen molar-refractivity contribution in [1.29, 1.82) is 10.5 Å². The van der Waals surface area contributed by atoms with Crippen LogP contribution in [0.3, 0.4) is 0 Å². The van der Waals surface area contributed by atoms with E-state index in [1.807, 2.05) is 31.2 Å². The zero-order chi connectivity index (χ0) is 9.45. The van der Waals surface area contributed by atoms with Crippen LogP contribution in [-0.2, 0) is 0 Å². The molecule has 0 bridgehead atoms. The van der Waals surface area contributed by atoms with E-state index in [0.29, 0.717) is 12.8 Å². The minimum absolute atomic E-state index is 0.421. The van der Waals surface area contributed by atoms with Crippen molar-refractivity contribution in [2.45, 2.75) is 19.8 Å². The molecular weight excluding hydrogens is 148 g/mol. The van der Waals surface area contributed by atoms with E-state index in [1.54, 1.807) is 6.08 Å². The zero-order valence-electron chi connectivity index (χ0n) is 7.25. The summed E-state index contributed by atoms with van der Waals surface area (Å²) in [6, 6.07) is 4.03. The lowest BCUT2D eigenvalue weighted by Gasteiger charge is -2.12. The van der Waals surface area contributed by atoms with Crippen LogP contribution in [-0.4, -0.2) is 0 Å². The van der Waals surface area contributed by atoms with Gasteiger partial charge in [0.05, 0.1) is 12.1 Å². The van der Waals surface area contributed by atoms with E-state index in [1.165, 1.54) is 0 Å². The van der Waals surface area contributed by atoms with Crippen LogP contribution < -0.4 is 0 Å². The Morgan fingerprint density at radius 2 is 1.92 bits per heavy atom. The molecule has 0 aromatic carbocycles. The number of nitriles is 2. The lowest BCUT2D eigenvalue weighted by Crippen LogP contribution is -2.13. The van der Waals surface area contributed by atoms with Gasteiger partial charge >= 0.3 is 0 Å². The zero-order valence-corrected chi connectivity index (χ0v) is 7.25.